The van der Waals surface area contributed by atoms with Crippen molar-refractivity contribution in [3.63, 3.8) is 0 Å². The van der Waals surface area contributed by atoms with Gasteiger partial charge in [-0.2, -0.15) is 5.10 Å². The Kier molecular flexibility index (Phi) is 3.90. The molecule has 1 aromatic heterocycles. The molecular weight excluding hydrogens is 350 g/mol. The number of aromatic nitrogens is 3. The molecule has 1 heterocycles. The summed E-state index contributed by atoms with van der Waals surface area (Å²) in [5, 5.41) is 9.15. The fourth-order valence-corrected chi connectivity index (χ4v) is 2.16. The summed E-state index contributed by atoms with van der Waals surface area (Å²) in [5.74, 6) is -0.0667. The van der Waals surface area contributed by atoms with Gasteiger partial charge >= 0.3 is 0 Å². The minimum atomic E-state index is -0.362. The molecule has 0 aliphatic carbocycles. The number of carbonyl (C=O) groups excluding carboxylic acids is 1. The Hall–Kier alpha value is -1.51. The molecule has 94 valence electrons. The average molecular weight is 360 g/mol. The molecule has 2 N–H and O–H groups in total. The van der Waals surface area contributed by atoms with E-state index in [-0.39, 0.29) is 17.8 Å². The molecule has 1 amide bonds. The third kappa shape index (κ3) is 2.84. The van der Waals surface area contributed by atoms with E-state index >= 15 is 0 Å². The lowest BCUT2D eigenvalue weighted by Crippen LogP contribution is -2.28. The summed E-state index contributed by atoms with van der Waals surface area (Å²) in [4.78, 5) is 15.9. The van der Waals surface area contributed by atoms with Crippen LogP contribution in [0.25, 0.3) is 0 Å². The van der Waals surface area contributed by atoms with Crippen molar-refractivity contribution < 1.29 is 9.18 Å². The second-order valence-corrected chi connectivity index (χ2v) is 4.85. The van der Waals surface area contributed by atoms with Gasteiger partial charge in [0.1, 0.15) is 18.0 Å². The minimum absolute atomic E-state index is 0.275. The van der Waals surface area contributed by atoms with Crippen molar-refractivity contribution in [2.24, 2.45) is 0 Å². The summed E-state index contributed by atoms with van der Waals surface area (Å²) in [5.41, 5.74) is 0.434. The highest BCUT2D eigenvalue weighted by Crippen LogP contribution is 2.15. The fraction of sp³-hybridized carbons (Fsp3) is 0.182. The van der Waals surface area contributed by atoms with Gasteiger partial charge in [-0.3, -0.25) is 9.89 Å². The quantitative estimate of drug-likeness (QED) is 0.823. The number of hydrogen-bond donors (Lipinski definition) is 2. The van der Waals surface area contributed by atoms with Gasteiger partial charge in [0, 0.05) is 3.57 Å². The molecule has 0 bridgehead atoms. The van der Waals surface area contributed by atoms with Crippen LogP contribution in [0.3, 0.4) is 0 Å². The minimum Gasteiger partial charge on any atom is -0.342 e. The van der Waals surface area contributed by atoms with Crippen LogP contribution < -0.4 is 5.32 Å². The van der Waals surface area contributed by atoms with Crippen molar-refractivity contribution >= 4 is 28.5 Å². The van der Waals surface area contributed by atoms with Crippen molar-refractivity contribution in [1.29, 1.82) is 0 Å². The summed E-state index contributed by atoms with van der Waals surface area (Å²) in [7, 11) is 0. The smallest absolute Gasteiger partial charge is 0.252 e. The first-order valence-corrected chi connectivity index (χ1v) is 6.27. The van der Waals surface area contributed by atoms with Crippen LogP contribution in [0.4, 0.5) is 4.39 Å². The summed E-state index contributed by atoms with van der Waals surface area (Å²) in [6, 6.07) is 3.74. The molecule has 18 heavy (non-hydrogen) atoms. The first-order chi connectivity index (χ1) is 8.58. The highest BCUT2D eigenvalue weighted by molar-refractivity contribution is 14.1. The molecule has 0 aliphatic heterocycles. The third-order valence-electron chi connectivity index (χ3n) is 2.37. The van der Waals surface area contributed by atoms with Crippen molar-refractivity contribution in [3.8, 4) is 0 Å². The van der Waals surface area contributed by atoms with Gasteiger partial charge in [-0.15, -0.1) is 0 Å². The van der Waals surface area contributed by atoms with Gasteiger partial charge in [0.05, 0.1) is 11.6 Å². The van der Waals surface area contributed by atoms with Crippen LogP contribution in [0.2, 0.25) is 0 Å². The first kappa shape index (κ1) is 12.9. The zero-order valence-corrected chi connectivity index (χ0v) is 11.6. The maximum atomic E-state index is 12.9. The van der Waals surface area contributed by atoms with Crippen molar-refractivity contribution in [2.45, 2.75) is 13.0 Å². The molecule has 0 saturated heterocycles. The maximum absolute atomic E-state index is 12.9. The predicted molar refractivity (Wildman–Crippen MR) is 71.4 cm³/mol. The third-order valence-corrected chi connectivity index (χ3v) is 3.26. The summed E-state index contributed by atoms with van der Waals surface area (Å²) >= 11 is 1.92. The molecule has 0 spiro atoms. The highest BCUT2D eigenvalue weighted by Gasteiger charge is 2.15. The van der Waals surface area contributed by atoms with Crippen molar-refractivity contribution in [1.82, 2.24) is 20.5 Å². The van der Waals surface area contributed by atoms with E-state index in [2.05, 4.69) is 20.5 Å². The van der Waals surface area contributed by atoms with Gasteiger partial charge in [-0.25, -0.2) is 9.37 Å². The van der Waals surface area contributed by atoms with Gasteiger partial charge in [0.25, 0.3) is 5.91 Å². The Balaban J connectivity index is 2.12. The standard InChI is InChI=1S/C11H10FIN4O/c1-6(10-14-5-15-17-10)16-11(18)8-3-2-7(12)4-9(8)13/h2-6H,1H3,(H,16,18)(H,14,15,17). The second-order valence-electron chi connectivity index (χ2n) is 3.69. The fourth-order valence-electron chi connectivity index (χ4n) is 1.44. The van der Waals surface area contributed by atoms with Gasteiger partial charge in [-0.05, 0) is 47.7 Å². The number of halogens is 2. The summed E-state index contributed by atoms with van der Waals surface area (Å²) < 4.78 is 13.5. The number of H-pyrrole nitrogens is 1. The largest absolute Gasteiger partial charge is 0.342 e. The first-order valence-electron chi connectivity index (χ1n) is 5.19. The van der Waals surface area contributed by atoms with Crippen LogP contribution in [-0.2, 0) is 0 Å². The van der Waals surface area contributed by atoms with E-state index in [0.29, 0.717) is 15.0 Å². The van der Waals surface area contributed by atoms with E-state index in [1.165, 1.54) is 24.5 Å². The molecule has 1 aromatic carbocycles. The monoisotopic (exact) mass is 360 g/mol. The lowest BCUT2D eigenvalue weighted by Gasteiger charge is -2.11. The molecule has 1 atom stereocenters. The van der Waals surface area contributed by atoms with Crippen molar-refractivity contribution in [3.05, 3.63) is 45.3 Å². The molecule has 0 aliphatic rings. The molecule has 2 rings (SSSR count). The number of nitrogens with one attached hydrogen (secondary N) is 2. The molecule has 7 heteroatoms. The molecule has 0 saturated carbocycles. The van der Waals surface area contributed by atoms with E-state index in [1.807, 2.05) is 22.6 Å². The Morgan fingerprint density at radius 1 is 1.56 bits per heavy atom. The predicted octanol–water partition coefficient (Wildman–Crippen LogP) is 2.04. The Bertz CT molecular complexity index is 558. The molecule has 0 radical (unpaired) electrons. The van der Waals surface area contributed by atoms with Gasteiger partial charge < -0.3 is 5.32 Å². The lowest BCUT2D eigenvalue weighted by atomic mass is 10.2. The molecule has 2 aromatic rings. The lowest BCUT2D eigenvalue weighted by molar-refractivity contribution is 0.0937. The number of nitrogens with zero attached hydrogens (tertiary/aromatic N) is 2. The zero-order chi connectivity index (χ0) is 13.1. The van der Waals surface area contributed by atoms with Crippen molar-refractivity contribution in [2.75, 3.05) is 0 Å². The van der Waals surface area contributed by atoms with E-state index in [0.717, 1.165) is 0 Å². The Morgan fingerprint density at radius 3 is 2.94 bits per heavy atom. The number of aromatic amines is 1. The summed E-state index contributed by atoms with van der Waals surface area (Å²) in [6.07, 6.45) is 1.37. The maximum Gasteiger partial charge on any atom is 0.252 e. The SMILES string of the molecule is CC(NC(=O)c1ccc(F)cc1I)c1ncn[nH]1. The zero-order valence-electron chi connectivity index (χ0n) is 9.45. The van der Waals surface area contributed by atoms with Crippen LogP contribution >= 0.6 is 22.6 Å². The second kappa shape index (κ2) is 5.42. The van der Waals surface area contributed by atoms with E-state index in [4.69, 9.17) is 0 Å². The normalized spacial score (nSPS) is 12.2. The highest BCUT2D eigenvalue weighted by atomic mass is 127. The van der Waals surface area contributed by atoms with Gasteiger partial charge in [0.2, 0.25) is 0 Å². The van der Waals surface area contributed by atoms with Crippen LogP contribution in [0.5, 0.6) is 0 Å². The van der Waals surface area contributed by atoms with Crippen LogP contribution in [0.15, 0.2) is 24.5 Å². The molecule has 0 fully saturated rings. The number of hydrogen-bond acceptors (Lipinski definition) is 3. The molecule has 5 nitrogen and oxygen atoms in total. The van der Waals surface area contributed by atoms with E-state index in [1.54, 1.807) is 6.92 Å². The topological polar surface area (TPSA) is 70.7 Å². The van der Waals surface area contributed by atoms with Gasteiger partial charge in [0.15, 0.2) is 0 Å². The molecular formula is C11H10FIN4O. The van der Waals surface area contributed by atoms with E-state index in [9.17, 15) is 9.18 Å². The number of amides is 1. The summed E-state index contributed by atoms with van der Waals surface area (Å²) in [6.45, 7) is 1.79. The molecule has 1 unspecified atom stereocenters. The average Bonchev–Trinajstić information content (AvgIpc) is 2.81. The van der Waals surface area contributed by atoms with E-state index < -0.39 is 0 Å². The Labute approximate surface area is 116 Å². The van der Waals surface area contributed by atoms with Crippen LogP contribution in [0.1, 0.15) is 29.1 Å². The number of carbonyl (C=O) groups is 1. The number of rotatable bonds is 3. The number of benzene rings is 1. The van der Waals surface area contributed by atoms with Crippen LogP contribution in [0, 0.1) is 9.39 Å². The van der Waals surface area contributed by atoms with Gasteiger partial charge in [-0.1, -0.05) is 0 Å². The Morgan fingerprint density at radius 2 is 2.33 bits per heavy atom. The van der Waals surface area contributed by atoms with Crippen LogP contribution in [-0.4, -0.2) is 21.1 Å².